The van der Waals surface area contributed by atoms with Gasteiger partial charge in [0.15, 0.2) is 0 Å². The average Bonchev–Trinajstić information content (AvgIpc) is 2.28. The van der Waals surface area contributed by atoms with Gasteiger partial charge >= 0.3 is 0 Å². The van der Waals surface area contributed by atoms with Crippen LogP contribution in [0.1, 0.15) is 25.0 Å². The van der Waals surface area contributed by atoms with Crippen molar-refractivity contribution in [1.82, 2.24) is 4.90 Å². The number of anilines is 1. The molecule has 0 fully saturated rings. The smallest absolute Gasteiger partial charge is 0.221 e. The Labute approximate surface area is 120 Å². The van der Waals surface area contributed by atoms with Crippen LogP contribution in [0.5, 0.6) is 0 Å². The number of halogens is 1. The third kappa shape index (κ3) is 2.82. The molecule has 0 radical (unpaired) electrons. The molecule has 0 aromatic heterocycles. The number of hydrogen-bond donors (Lipinski definition) is 1. The van der Waals surface area contributed by atoms with E-state index in [0.717, 1.165) is 27.8 Å². The molecule has 96 valence electrons. The van der Waals surface area contributed by atoms with Crippen molar-refractivity contribution in [2.24, 2.45) is 0 Å². The van der Waals surface area contributed by atoms with E-state index in [1.807, 2.05) is 11.0 Å². The van der Waals surface area contributed by atoms with E-state index in [2.05, 4.69) is 34.0 Å². The van der Waals surface area contributed by atoms with Crippen LogP contribution in [0.15, 0.2) is 12.1 Å². The summed E-state index contributed by atoms with van der Waals surface area (Å²) in [5, 5.41) is 2.82. The summed E-state index contributed by atoms with van der Waals surface area (Å²) in [6.07, 6.45) is 0.880. The van der Waals surface area contributed by atoms with Gasteiger partial charge in [-0.25, -0.2) is 0 Å². The van der Waals surface area contributed by atoms with E-state index in [0.29, 0.717) is 6.54 Å². The fourth-order valence-electron chi connectivity index (χ4n) is 2.13. The summed E-state index contributed by atoms with van der Waals surface area (Å²) in [6.45, 7) is 4.50. The molecule has 18 heavy (non-hydrogen) atoms. The monoisotopic (exact) mass is 358 g/mol. The number of carbonyl (C=O) groups is 2. The Morgan fingerprint density at radius 2 is 2.00 bits per heavy atom. The lowest BCUT2D eigenvalue weighted by Gasteiger charge is -2.28. The molecule has 0 unspecified atom stereocenters. The summed E-state index contributed by atoms with van der Waals surface area (Å²) in [5.41, 5.74) is 3.22. The lowest BCUT2D eigenvalue weighted by molar-refractivity contribution is -0.129. The quantitative estimate of drug-likeness (QED) is 0.783. The molecule has 0 atom stereocenters. The van der Waals surface area contributed by atoms with Crippen LogP contribution in [0.25, 0.3) is 0 Å². The highest BCUT2D eigenvalue weighted by atomic mass is 127. The number of fused-ring (bicyclic) bond motifs is 1. The van der Waals surface area contributed by atoms with Gasteiger partial charge in [0.2, 0.25) is 11.8 Å². The van der Waals surface area contributed by atoms with Crippen LogP contribution in [-0.4, -0.2) is 23.3 Å². The SMILES string of the molecule is CC(=O)Nc1cc2c(cc1I)CCN(C(C)=O)C2. The number of rotatable bonds is 1. The van der Waals surface area contributed by atoms with Gasteiger partial charge in [-0.15, -0.1) is 0 Å². The lowest BCUT2D eigenvalue weighted by atomic mass is 9.99. The minimum atomic E-state index is -0.0768. The Bertz CT molecular complexity index is 514. The number of amides is 2. The standard InChI is InChI=1S/C13H15IN2O2/c1-8(17)15-13-6-11-7-16(9(2)18)4-3-10(11)5-12(13)14/h5-6H,3-4,7H2,1-2H3,(H,15,17). The van der Waals surface area contributed by atoms with Gasteiger partial charge in [-0.2, -0.15) is 0 Å². The maximum atomic E-state index is 11.4. The van der Waals surface area contributed by atoms with Crippen molar-refractivity contribution < 1.29 is 9.59 Å². The molecule has 0 aliphatic carbocycles. The van der Waals surface area contributed by atoms with Gasteiger partial charge in [0.05, 0.1) is 5.69 Å². The fraction of sp³-hybridized carbons (Fsp3) is 0.385. The molecule has 1 aliphatic rings. The third-order valence-corrected chi connectivity index (χ3v) is 3.95. The van der Waals surface area contributed by atoms with Gasteiger partial charge in [-0.1, -0.05) is 0 Å². The normalized spacial score (nSPS) is 14.1. The zero-order valence-corrected chi connectivity index (χ0v) is 12.6. The Balaban J connectivity index is 2.32. The Morgan fingerprint density at radius 3 is 2.61 bits per heavy atom. The first-order chi connectivity index (χ1) is 8.47. The number of nitrogens with zero attached hydrogens (tertiary/aromatic N) is 1. The van der Waals surface area contributed by atoms with Crippen molar-refractivity contribution in [2.75, 3.05) is 11.9 Å². The molecule has 0 spiro atoms. The Hall–Kier alpha value is -1.11. The van der Waals surface area contributed by atoms with Crippen molar-refractivity contribution >= 4 is 40.1 Å². The molecule has 0 bridgehead atoms. The van der Waals surface area contributed by atoms with E-state index in [1.54, 1.807) is 6.92 Å². The predicted octanol–water partition coefficient (Wildman–Crippen LogP) is 2.15. The second-order valence-corrected chi connectivity index (χ2v) is 5.63. The molecule has 1 aliphatic heterocycles. The largest absolute Gasteiger partial charge is 0.338 e. The van der Waals surface area contributed by atoms with E-state index in [-0.39, 0.29) is 11.8 Å². The van der Waals surface area contributed by atoms with Crippen LogP contribution in [-0.2, 0) is 22.6 Å². The fourth-order valence-corrected chi connectivity index (χ4v) is 2.80. The summed E-state index contributed by atoms with van der Waals surface area (Å²) in [6, 6.07) is 4.08. The molecular weight excluding hydrogens is 343 g/mol. The molecule has 1 heterocycles. The van der Waals surface area contributed by atoms with Crippen LogP contribution in [0.3, 0.4) is 0 Å². The highest BCUT2D eigenvalue weighted by Gasteiger charge is 2.19. The minimum Gasteiger partial charge on any atom is -0.338 e. The van der Waals surface area contributed by atoms with E-state index in [4.69, 9.17) is 0 Å². The van der Waals surface area contributed by atoms with Crippen molar-refractivity contribution in [3.05, 3.63) is 26.8 Å². The van der Waals surface area contributed by atoms with Crippen LogP contribution >= 0.6 is 22.6 Å². The highest BCUT2D eigenvalue weighted by Crippen LogP contribution is 2.27. The van der Waals surface area contributed by atoms with Crippen molar-refractivity contribution in [3.63, 3.8) is 0 Å². The van der Waals surface area contributed by atoms with Crippen LogP contribution in [0, 0.1) is 3.57 Å². The highest BCUT2D eigenvalue weighted by molar-refractivity contribution is 14.1. The van der Waals surface area contributed by atoms with Gasteiger partial charge < -0.3 is 10.2 Å². The Kier molecular flexibility index (Phi) is 3.89. The van der Waals surface area contributed by atoms with Crippen molar-refractivity contribution in [3.8, 4) is 0 Å². The number of carbonyl (C=O) groups excluding carboxylic acids is 2. The zero-order chi connectivity index (χ0) is 13.3. The topological polar surface area (TPSA) is 49.4 Å². The first kappa shape index (κ1) is 13.3. The lowest BCUT2D eigenvalue weighted by Crippen LogP contribution is -2.34. The van der Waals surface area contributed by atoms with Gasteiger partial charge in [0, 0.05) is 30.5 Å². The van der Waals surface area contributed by atoms with Gasteiger partial charge in [0.25, 0.3) is 0 Å². The second kappa shape index (κ2) is 5.26. The van der Waals surface area contributed by atoms with Crippen LogP contribution in [0.4, 0.5) is 5.69 Å². The second-order valence-electron chi connectivity index (χ2n) is 4.47. The van der Waals surface area contributed by atoms with E-state index in [9.17, 15) is 9.59 Å². The predicted molar refractivity (Wildman–Crippen MR) is 78.3 cm³/mol. The van der Waals surface area contributed by atoms with Crippen LogP contribution < -0.4 is 5.32 Å². The van der Waals surface area contributed by atoms with E-state index < -0.39 is 0 Å². The van der Waals surface area contributed by atoms with Gasteiger partial charge in [0.1, 0.15) is 0 Å². The van der Waals surface area contributed by atoms with Gasteiger partial charge in [-0.3, -0.25) is 9.59 Å². The molecule has 0 saturated heterocycles. The number of nitrogens with one attached hydrogen (secondary N) is 1. The summed E-state index contributed by atoms with van der Waals surface area (Å²) in [4.78, 5) is 24.3. The van der Waals surface area contributed by atoms with Crippen molar-refractivity contribution in [2.45, 2.75) is 26.8 Å². The maximum Gasteiger partial charge on any atom is 0.221 e. The molecule has 1 aromatic carbocycles. The molecule has 2 rings (SSSR count). The van der Waals surface area contributed by atoms with E-state index >= 15 is 0 Å². The molecule has 1 aromatic rings. The van der Waals surface area contributed by atoms with Crippen molar-refractivity contribution in [1.29, 1.82) is 0 Å². The van der Waals surface area contributed by atoms with Gasteiger partial charge in [-0.05, 0) is 52.3 Å². The molecule has 0 saturated carbocycles. The molecule has 4 nitrogen and oxygen atoms in total. The van der Waals surface area contributed by atoms with E-state index in [1.165, 1.54) is 12.5 Å². The summed E-state index contributed by atoms with van der Waals surface area (Å²) < 4.78 is 1.04. The average molecular weight is 358 g/mol. The maximum absolute atomic E-state index is 11.4. The summed E-state index contributed by atoms with van der Waals surface area (Å²) in [7, 11) is 0. The molecule has 1 N–H and O–H groups in total. The number of benzene rings is 1. The first-order valence-electron chi connectivity index (χ1n) is 5.82. The third-order valence-electron chi connectivity index (χ3n) is 3.06. The molecule has 2 amide bonds. The summed E-state index contributed by atoms with van der Waals surface area (Å²) >= 11 is 2.22. The minimum absolute atomic E-state index is 0.0768. The Morgan fingerprint density at radius 1 is 1.28 bits per heavy atom. The first-order valence-corrected chi connectivity index (χ1v) is 6.89. The molecule has 5 heteroatoms. The summed E-state index contributed by atoms with van der Waals surface area (Å²) in [5.74, 6) is 0.0207. The number of hydrogen-bond acceptors (Lipinski definition) is 2. The van der Waals surface area contributed by atoms with Crippen LogP contribution in [0.2, 0.25) is 0 Å². The molecular formula is C13H15IN2O2. The zero-order valence-electron chi connectivity index (χ0n) is 10.4.